The van der Waals surface area contributed by atoms with Gasteiger partial charge in [-0.15, -0.1) is 5.10 Å². The maximum absolute atomic E-state index is 12.9. The van der Waals surface area contributed by atoms with Gasteiger partial charge in [-0.25, -0.2) is 9.07 Å². The summed E-state index contributed by atoms with van der Waals surface area (Å²) in [6, 6.07) is 6.90. The average Bonchev–Trinajstić information content (AvgIpc) is 2.91. The van der Waals surface area contributed by atoms with E-state index in [-0.39, 0.29) is 11.9 Å². The lowest BCUT2D eigenvalue weighted by atomic mass is 10.0. The molecule has 0 fully saturated rings. The van der Waals surface area contributed by atoms with Crippen molar-refractivity contribution in [2.75, 3.05) is 0 Å². The molecule has 0 spiro atoms. The van der Waals surface area contributed by atoms with E-state index >= 15 is 0 Å². The first kappa shape index (κ1) is 10.4. The molecule has 0 N–H and O–H groups in total. The van der Waals surface area contributed by atoms with E-state index in [9.17, 15) is 4.39 Å². The van der Waals surface area contributed by atoms with Crippen molar-refractivity contribution in [3.8, 4) is 0 Å². The summed E-state index contributed by atoms with van der Waals surface area (Å²) in [5.41, 5.74) is 3.44. The molecule has 0 amide bonds. The van der Waals surface area contributed by atoms with E-state index in [0.717, 1.165) is 30.5 Å². The van der Waals surface area contributed by atoms with Crippen LogP contribution >= 0.6 is 0 Å². The SMILES string of the molecule is CCc1nnn2c1CCC2c1ccc(F)cc1. The van der Waals surface area contributed by atoms with Crippen molar-refractivity contribution in [2.24, 2.45) is 0 Å². The highest BCUT2D eigenvalue weighted by atomic mass is 19.1. The Hall–Kier alpha value is -1.71. The highest BCUT2D eigenvalue weighted by molar-refractivity contribution is 5.26. The lowest BCUT2D eigenvalue weighted by Gasteiger charge is -2.11. The maximum atomic E-state index is 12.9. The van der Waals surface area contributed by atoms with Gasteiger partial charge in [0, 0.05) is 0 Å². The van der Waals surface area contributed by atoms with Crippen LogP contribution in [0.25, 0.3) is 0 Å². The van der Waals surface area contributed by atoms with Gasteiger partial charge in [-0.2, -0.15) is 0 Å². The zero-order valence-corrected chi connectivity index (χ0v) is 9.73. The molecule has 3 nitrogen and oxygen atoms in total. The summed E-state index contributed by atoms with van der Waals surface area (Å²) in [5.74, 6) is -0.195. The second-order valence-electron chi connectivity index (χ2n) is 4.39. The lowest BCUT2D eigenvalue weighted by molar-refractivity contribution is 0.532. The van der Waals surface area contributed by atoms with Gasteiger partial charge < -0.3 is 0 Å². The molecule has 1 unspecified atom stereocenters. The Kier molecular flexibility index (Phi) is 2.42. The quantitative estimate of drug-likeness (QED) is 0.795. The van der Waals surface area contributed by atoms with E-state index in [2.05, 4.69) is 17.2 Å². The molecule has 3 rings (SSSR count). The van der Waals surface area contributed by atoms with Crippen molar-refractivity contribution < 1.29 is 4.39 Å². The second kappa shape index (κ2) is 3.95. The lowest BCUT2D eigenvalue weighted by Crippen LogP contribution is -2.07. The van der Waals surface area contributed by atoms with Crippen LogP contribution in [-0.2, 0) is 12.8 Å². The zero-order chi connectivity index (χ0) is 11.8. The minimum Gasteiger partial charge on any atom is -0.242 e. The van der Waals surface area contributed by atoms with Crippen LogP contribution in [-0.4, -0.2) is 15.0 Å². The summed E-state index contributed by atoms with van der Waals surface area (Å²) < 4.78 is 14.9. The smallest absolute Gasteiger partial charge is 0.123 e. The van der Waals surface area contributed by atoms with Gasteiger partial charge in [-0.3, -0.25) is 0 Å². The summed E-state index contributed by atoms with van der Waals surface area (Å²) in [7, 11) is 0. The van der Waals surface area contributed by atoms with Crippen molar-refractivity contribution in [1.82, 2.24) is 15.0 Å². The fourth-order valence-corrected chi connectivity index (χ4v) is 2.52. The van der Waals surface area contributed by atoms with Gasteiger partial charge in [0.1, 0.15) is 5.82 Å². The van der Waals surface area contributed by atoms with Crippen LogP contribution < -0.4 is 0 Å². The molecule has 0 radical (unpaired) electrons. The summed E-state index contributed by atoms with van der Waals surface area (Å²) in [4.78, 5) is 0. The summed E-state index contributed by atoms with van der Waals surface area (Å²) >= 11 is 0. The number of benzene rings is 1. The van der Waals surface area contributed by atoms with Gasteiger partial charge in [0.25, 0.3) is 0 Å². The van der Waals surface area contributed by atoms with E-state index in [1.54, 1.807) is 0 Å². The van der Waals surface area contributed by atoms with E-state index in [0.29, 0.717) is 0 Å². The fourth-order valence-electron chi connectivity index (χ4n) is 2.52. The summed E-state index contributed by atoms with van der Waals surface area (Å²) in [6.45, 7) is 2.09. The van der Waals surface area contributed by atoms with E-state index in [1.807, 2.05) is 16.8 Å². The summed E-state index contributed by atoms with van der Waals surface area (Å²) in [6.07, 6.45) is 2.97. The standard InChI is InChI=1S/C13H14FN3/c1-2-11-13-8-7-12(17(13)16-15-11)9-3-5-10(14)6-4-9/h3-6,12H,2,7-8H2,1H3. The molecule has 4 heteroatoms. The predicted octanol–water partition coefficient (Wildman–Crippen LogP) is 2.52. The molecule has 1 aromatic heterocycles. The number of nitrogens with zero attached hydrogens (tertiary/aromatic N) is 3. The Morgan fingerprint density at radius 1 is 1.35 bits per heavy atom. The highest BCUT2D eigenvalue weighted by Crippen LogP contribution is 2.31. The largest absolute Gasteiger partial charge is 0.242 e. The van der Waals surface area contributed by atoms with Gasteiger partial charge in [-0.05, 0) is 37.0 Å². The minimum absolute atomic E-state index is 0.195. The molecule has 1 aliphatic heterocycles. The molecule has 0 aliphatic carbocycles. The number of aryl methyl sites for hydroxylation is 1. The number of hydrogen-bond acceptors (Lipinski definition) is 2. The van der Waals surface area contributed by atoms with Crippen LogP contribution in [0.2, 0.25) is 0 Å². The zero-order valence-electron chi connectivity index (χ0n) is 9.73. The van der Waals surface area contributed by atoms with Gasteiger partial charge in [0.2, 0.25) is 0 Å². The van der Waals surface area contributed by atoms with Gasteiger partial charge >= 0.3 is 0 Å². The number of aromatic nitrogens is 3. The molecule has 17 heavy (non-hydrogen) atoms. The molecule has 1 aromatic carbocycles. The maximum Gasteiger partial charge on any atom is 0.123 e. The van der Waals surface area contributed by atoms with E-state index < -0.39 is 0 Å². The van der Waals surface area contributed by atoms with Crippen molar-refractivity contribution in [2.45, 2.75) is 32.2 Å². The number of hydrogen-bond donors (Lipinski definition) is 0. The number of halogens is 1. The number of fused-ring (bicyclic) bond motifs is 1. The molecule has 2 aromatic rings. The van der Waals surface area contributed by atoms with E-state index in [4.69, 9.17) is 0 Å². The van der Waals surface area contributed by atoms with Crippen LogP contribution in [0.5, 0.6) is 0 Å². The van der Waals surface area contributed by atoms with Crippen molar-refractivity contribution in [3.63, 3.8) is 0 Å². The highest BCUT2D eigenvalue weighted by Gasteiger charge is 2.27. The first-order valence-electron chi connectivity index (χ1n) is 5.98. The molecule has 2 heterocycles. The first-order chi connectivity index (χ1) is 8.29. The Morgan fingerprint density at radius 2 is 2.12 bits per heavy atom. The van der Waals surface area contributed by atoms with Gasteiger partial charge in [0.15, 0.2) is 0 Å². The average molecular weight is 231 g/mol. The normalized spacial score (nSPS) is 18.4. The molecule has 0 saturated carbocycles. The van der Waals surface area contributed by atoms with Crippen LogP contribution in [0.15, 0.2) is 24.3 Å². The molecular formula is C13H14FN3. The Bertz CT molecular complexity index is 530. The monoisotopic (exact) mass is 231 g/mol. The van der Waals surface area contributed by atoms with Crippen LogP contribution in [0.1, 0.15) is 36.3 Å². The molecule has 1 aliphatic rings. The molecule has 1 atom stereocenters. The molecule has 0 saturated heterocycles. The van der Waals surface area contributed by atoms with Crippen molar-refractivity contribution >= 4 is 0 Å². The third-order valence-corrected chi connectivity index (χ3v) is 3.41. The van der Waals surface area contributed by atoms with Crippen LogP contribution in [0.4, 0.5) is 4.39 Å². The fraction of sp³-hybridized carbons (Fsp3) is 0.385. The topological polar surface area (TPSA) is 30.7 Å². The van der Waals surface area contributed by atoms with Gasteiger partial charge in [-0.1, -0.05) is 24.3 Å². The van der Waals surface area contributed by atoms with Crippen LogP contribution in [0.3, 0.4) is 0 Å². The van der Waals surface area contributed by atoms with Crippen molar-refractivity contribution in [3.05, 3.63) is 47.0 Å². The Morgan fingerprint density at radius 3 is 2.82 bits per heavy atom. The second-order valence-corrected chi connectivity index (χ2v) is 4.39. The molecule has 88 valence electrons. The molecule has 0 bridgehead atoms. The minimum atomic E-state index is -0.195. The third-order valence-electron chi connectivity index (χ3n) is 3.41. The Labute approximate surface area is 99.3 Å². The molecular weight excluding hydrogens is 217 g/mol. The third kappa shape index (κ3) is 1.64. The first-order valence-corrected chi connectivity index (χ1v) is 5.98. The summed E-state index contributed by atoms with van der Waals surface area (Å²) in [5, 5.41) is 8.41. The number of rotatable bonds is 2. The predicted molar refractivity (Wildman–Crippen MR) is 62.3 cm³/mol. The Balaban J connectivity index is 1.98. The van der Waals surface area contributed by atoms with Crippen molar-refractivity contribution in [1.29, 1.82) is 0 Å². The van der Waals surface area contributed by atoms with Crippen LogP contribution in [0, 0.1) is 5.82 Å². The van der Waals surface area contributed by atoms with E-state index in [1.165, 1.54) is 17.8 Å². The van der Waals surface area contributed by atoms with Gasteiger partial charge in [0.05, 0.1) is 17.4 Å².